The van der Waals surface area contributed by atoms with E-state index in [1.54, 1.807) is 4.90 Å². The van der Waals surface area contributed by atoms with Crippen LogP contribution in [0.15, 0.2) is 0 Å². The van der Waals surface area contributed by atoms with Gasteiger partial charge in [-0.1, -0.05) is 20.8 Å². The zero-order valence-corrected chi connectivity index (χ0v) is 15.1. The number of nitrogens with one attached hydrogen (secondary N) is 1. The highest BCUT2D eigenvalue weighted by atomic mass is 16.2. The number of hydrogen-bond donors (Lipinski definition) is 1. The molecule has 0 spiro atoms. The molecule has 3 amide bonds. The van der Waals surface area contributed by atoms with Crippen molar-refractivity contribution in [2.45, 2.75) is 27.2 Å². The predicted octanol–water partition coefficient (Wildman–Crippen LogP) is -0.229. The maximum Gasteiger partial charge on any atom is 0.239 e. The molecule has 7 heteroatoms. The van der Waals surface area contributed by atoms with Gasteiger partial charge >= 0.3 is 0 Å². The highest BCUT2D eigenvalue weighted by molar-refractivity contribution is 5.86. The molecule has 0 radical (unpaired) electrons. The fourth-order valence-corrected chi connectivity index (χ4v) is 3.20. The number of rotatable bonds is 5. The maximum absolute atomic E-state index is 12.4. The Balaban J connectivity index is 1.71. The molecule has 2 saturated heterocycles. The number of carbonyl (C=O) groups is 3. The van der Waals surface area contributed by atoms with Crippen LogP contribution in [-0.2, 0) is 14.4 Å². The molecule has 0 aromatic heterocycles. The van der Waals surface area contributed by atoms with Crippen molar-refractivity contribution in [3.05, 3.63) is 0 Å². The van der Waals surface area contributed by atoms with E-state index in [0.717, 1.165) is 39.1 Å². The van der Waals surface area contributed by atoms with Crippen molar-refractivity contribution in [2.24, 2.45) is 11.8 Å². The standard InChI is InChI=1S/C17H30N4O3/c1-13(2)16(23)20-10-8-19(9-11-20)6-4-14(3)17(24)21-7-5-18-15(22)12-21/h13-14H,4-12H2,1-3H3,(H,18,22). The van der Waals surface area contributed by atoms with Crippen molar-refractivity contribution in [1.29, 1.82) is 0 Å². The normalized spacial score (nSPS) is 20.9. The first-order valence-corrected chi connectivity index (χ1v) is 8.95. The van der Waals surface area contributed by atoms with Gasteiger partial charge in [0.2, 0.25) is 17.7 Å². The van der Waals surface area contributed by atoms with Crippen LogP contribution in [0, 0.1) is 11.8 Å². The van der Waals surface area contributed by atoms with Gasteiger partial charge in [-0.2, -0.15) is 0 Å². The Morgan fingerprint density at radius 3 is 2.25 bits per heavy atom. The number of piperazine rings is 2. The van der Waals surface area contributed by atoms with Gasteiger partial charge in [-0.15, -0.1) is 0 Å². The topological polar surface area (TPSA) is 73.0 Å². The first-order valence-electron chi connectivity index (χ1n) is 8.95. The third-order valence-electron chi connectivity index (χ3n) is 4.83. The number of carbonyl (C=O) groups excluding carboxylic acids is 3. The molecule has 136 valence electrons. The molecule has 7 nitrogen and oxygen atoms in total. The molecule has 1 unspecified atom stereocenters. The van der Waals surface area contributed by atoms with E-state index >= 15 is 0 Å². The Labute approximate surface area is 144 Å². The molecular weight excluding hydrogens is 308 g/mol. The zero-order chi connectivity index (χ0) is 17.7. The van der Waals surface area contributed by atoms with Gasteiger partial charge in [-0.25, -0.2) is 0 Å². The molecule has 0 saturated carbocycles. The first-order chi connectivity index (χ1) is 11.4. The van der Waals surface area contributed by atoms with Gasteiger partial charge in [-0.3, -0.25) is 19.3 Å². The molecule has 2 aliphatic heterocycles. The minimum absolute atomic E-state index is 0.0518. The summed E-state index contributed by atoms with van der Waals surface area (Å²) in [7, 11) is 0. The Kier molecular flexibility index (Phi) is 6.60. The highest BCUT2D eigenvalue weighted by Crippen LogP contribution is 2.12. The summed E-state index contributed by atoms with van der Waals surface area (Å²) < 4.78 is 0. The fourth-order valence-electron chi connectivity index (χ4n) is 3.20. The molecule has 1 N–H and O–H groups in total. The van der Waals surface area contributed by atoms with E-state index in [9.17, 15) is 14.4 Å². The molecule has 24 heavy (non-hydrogen) atoms. The zero-order valence-electron chi connectivity index (χ0n) is 15.1. The van der Waals surface area contributed by atoms with Crippen LogP contribution in [0.4, 0.5) is 0 Å². The van der Waals surface area contributed by atoms with Crippen LogP contribution in [0.3, 0.4) is 0 Å². The minimum atomic E-state index is -0.0776. The summed E-state index contributed by atoms with van der Waals surface area (Å²) in [4.78, 5) is 41.7. The second kappa shape index (κ2) is 8.46. The molecule has 2 aliphatic rings. The van der Waals surface area contributed by atoms with E-state index in [4.69, 9.17) is 0 Å². The number of hydrogen-bond acceptors (Lipinski definition) is 4. The lowest BCUT2D eigenvalue weighted by molar-refractivity contribution is -0.141. The molecular formula is C17H30N4O3. The monoisotopic (exact) mass is 338 g/mol. The van der Waals surface area contributed by atoms with Gasteiger partial charge in [0.15, 0.2) is 0 Å². The van der Waals surface area contributed by atoms with Crippen LogP contribution in [0.2, 0.25) is 0 Å². The van der Waals surface area contributed by atoms with E-state index in [1.807, 2.05) is 25.7 Å². The van der Waals surface area contributed by atoms with Crippen molar-refractivity contribution in [1.82, 2.24) is 20.0 Å². The molecule has 0 bridgehead atoms. The second-order valence-corrected chi connectivity index (χ2v) is 7.12. The van der Waals surface area contributed by atoms with Crippen molar-refractivity contribution in [2.75, 3.05) is 52.4 Å². The van der Waals surface area contributed by atoms with Gasteiger partial charge in [0, 0.05) is 51.1 Å². The summed E-state index contributed by atoms with van der Waals surface area (Å²) >= 11 is 0. The largest absolute Gasteiger partial charge is 0.353 e. The lowest BCUT2D eigenvalue weighted by Crippen LogP contribution is -2.52. The van der Waals surface area contributed by atoms with Crippen LogP contribution in [0.25, 0.3) is 0 Å². The van der Waals surface area contributed by atoms with Crippen LogP contribution < -0.4 is 5.32 Å². The van der Waals surface area contributed by atoms with E-state index < -0.39 is 0 Å². The average molecular weight is 338 g/mol. The lowest BCUT2D eigenvalue weighted by Gasteiger charge is -2.36. The van der Waals surface area contributed by atoms with Gasteiger partial charge in [0.05, 0.1) is 6.54 Å². The fraction of sp³-hybridized carbons (Fsp3) is 0.824. The molecule has 2 rings (SSSR count). The SMILES string of the molecule is CC(C)C(=O)N1CCN(CCC(C)C(=O)N2CCNC(=O)C2)CC1. The molecule has 2 heterocycles. The summed E-state index contributed by atoms with van der Waals surface area (Å²) in [6.45, 7) is 11.3. The van der Waals surface area contributed by atoms with Crippen LogP contribution in [0.1, 0.15) is 27.2 Å². The molecule has 0 aromatic carbocycles. The van der Waals surface area contributed by atoms with Gasteiger partial charge in [-0.05, 0) is 13.0 Å². The summed E-state index contributed by atoms with van der Waals surface area (Å²) in [6.07, 6.45) is 0.787. The van der Waals surface area contributed by atoms with E-state index in [1.165, 1.54) is 0 Å². The summed E-state index contributed by atoms with van der Waals surface area (Å²) in [5.41, 5.74) is 0. The molecule has 0 aromatic rings. The summed E-state index contributed by atoms with van der Waals surface area (Å²) in [6, 6.07) is 0. The van der Waals surface area contributed by atoms with E-state index in [2.05, 4.69) is 10.2 Å². The smallest absolute Gasteiger partial charge is 0.239 e. The minimum Gasteiger partial charge on any atom is -0.353 e. The highest BCUT2D eigenvalue weighted by Gasteiger charge is 2.27. The van der Waals surface area contributed by atoms with Crippen molar-refractivity contribution in [3.63, 3.8) is 0 Å². The second-order valence-electron chi connectivity index (χ2n) is 7.12. The van der Waals surface area contributed by atoms with Gasteiger partial charge in [0.25, 0.3) is 0 Å². The van der Waals surface area contributed by atoms with Crippen molar-refractivity contribution in [3.8, 4) is 0 Å². The van der Waals surface area contributed by atoms with Crippen LogP contribution in [-0.4, -0.2) is 84.8 Å². The first kappa shape index (κ1) is 18.7. The Morgan fingerprint density at radius 1 is 1.00 bits per heavy atom. The van der Waals surface area contributed by atoms with Crippen LogP contribution in [0.5, 0.6) is 0 Å². The van der Waals surface area contributed by atoms with Gasteiger partial charge in [0.1, 0.15) is 0 Å². The average Bonchev–Trinajstić information content (AvgIpc) is 2.58. The maximum atomic E-state index is 12.4. The van der Waals surface area contributed by atoms with Crippen molar-refractivity contribution >= 4 is 17.7 Å². The number of amides is 3. The summed E-state index contributed by atoms with van der Waals surface area (Å²) in [5.74, 6) is 0.190. The third kappa shape index (κ3) is 4.93. The molecule has 1 atom stereocenters. The number of nitrogens with zero attached hydrogens (tertiary/aromatic N) is 3. The quantitative estimate of drug-likeness (QED) is 0.752. The summed E-state index contributed by atoms with van der Waals surface area (Å²) in [5, 5.41) is 2.74. The Bertz CT molecular complexity index is 472. The van der Waals surface area contributed by atoms with Crippen LogP contribution >= 0.6 is 0 Å². The molecule has 2 fully saturated rings. The third-order valence-corrected chi connectivity index (χ3v) is 4.83. The van der Waals surface area contributed by atoms with E-state index in [-0.39, 0.29) is 36.1 Å². The van der Waals surface area contributed by atoms with Gasteiger partial charge < -0.3 is 15.1 Å². The van der Waals surface area contributed by atoms with Crippen molar-refractivity contribution < 1.29 is 14.4 Å². The molecule has 0 aliphatic carbocycles. The lowest BCUT2D eigenvalue weighted by atomic mass is 10.0. The Morgan fingerprint density at radius 2 is 1.67 bits per heavy atom. The van der Waals surface area contributed by atoms with E-state index in [0.29, 0.717) is 13.1 Å². The Hall–Kier alpha value is -1.63. The predicted molar refractivity (Wildman–Crippen MR) is 91.2 cm³/mol.